The van der Waals surface area contributed by atoms with Crippen molar-refractivity contribution in [2.75, 3.05) is 19.6 Å². The summed E-state index contributed by atoms with van der Waals surface area (Å²) < 4.78 is 37.5. The van der Waals surface area contributed by atoms with Crippen molar-refractivity contribution in [1.29, 1.82) is 0 Å². The summed E-state index contributed by atoms with van der Waals surface area (Å²) in [6, 6.07) is 0. The molecule has 0 radical (unpaired) electrons. The maximum atomic E-state index is 12.5. The molecule has 1 aliphatic rings. The lowest BCUT2D eigenvalue weighted by molar-refractivity contribution is -0.170. The fraction of sp³-hybridized carbons (Fsp3) is 0.909. The van der Waals surface area contributed by atoms with Crippen molar-refractivity contribution < 1.29 is 18.4 Å². The fourth-order valence-electron chi connectivity index (χ4n) is 2.00. The molecule has 1 fully saturated rings. The van der Waals surface area contributed by atoms with Crippen molar-refractivity contribution in [3.05, 3.63) is 0 Å². The Labute approximate surface area is 105 Å². The van der Waals surface area contributed by atoms with Gasteiger partial charge in [0.1, 0.15) is 5.84 Å². The van der Waals surface area contributed by atoms with Crippen LogP contribution in [0.2, 0.25) is 0 Å². The van der Waals surface area contributed by atoms with Crippen molar-refractivity contribution >= 4 is 5.84 Å². The zero-order chi connectivity index (χ0) is 14.0. The molecule has 0 spiro atoms. The summed E-state index contributed by atoms with van der Waals surface area (Å²) >= 11 is 0. The van der Waals surface area contributed by atoms with Gasteiger partial charge in [0.05, 0.1) is 5.92 Å². The Bertz CT molecular complexity index is 315. The summed E-state index contributed by atoms with van der Waals surface area (Å²) in [7, 11) is 0. The Kier molecular flexibility index (Phi) is 4.47. The van der Waals surface area contributed by atoms with Crippen molar-refractivity contribution in [2.24, 2.45) is 22.2 Å². The molecule has 0 aromatic rings. The minimum absolute atomic E-state index is 0.0513. The van der Waals surface area contributed by atoms with Gasteiger partial charge >= 0.3 is 6.18 Å². The highest BCUT2D eigenvalue weighted by Gasteiger charge is 2.43. The Balaban J connectivity index is 2.43. The number of nitrogens with zero attached hydrogens (tertiary/aromatic N) is 2. The van der Waals surface area contributed by atoms with E-state index in [0.717, 1.165) is 0 Å². The van der Waals surface area contributed by atoms with Gasteiger partial charge in [0.25, 0.3) is 0 Å². The topological polar surface area (TPSA) is 61.8 Å². The second-order valence-electron chi connectivity index (χ2n) is 5.45. The predicted octanol–water partition coefficient (Wildman–Crippen LogP) is 2.03. The smallest absolute Gasteiger partial charge is 0.393 e. The number of hydrogen-bond donors (Lipinski definition) is 2. The molecule has 4 nitrogen and oxygen atoms in total. The number of hydrogen-bond acceptors (Lipinski definition) is 3. The molecule has 3 N–H and O–H groups in total. The van der Waals surface area contributed by atoms with Crippen LogP contribution in [0.3, 0.4) is 0 Å². The van der Waals surface area contributed by atoms with E-state index in [1.54, 1.807) is 18.7 Å². The molecule has 0 saturated carbocycles. The van der Waals surface area contributed by atoms with Gasteiger partial charge in [-0.3, -0.25) is 0 Å². The minimum Gasteiger partial charge on any atom is -0.409 e. The second kappa shape index (κ2) is 5.34. The van der Waals surface area contributed by atoms with Crippen LogP contribution in [-0.2, 0) is 0 Å². The van der Waals surface area contributed by atoms with E-state index in [2.05, 4.69) is 5.16 Å². The number of halogens is 3. The van der Waals surface area contributed by atoms with Crippen LogP contribution < -0.4 is 5.73 Å². The van der Waals surface area contributed by atoms with Crippen LogP contribution in [0, 0.1) is 11.3 Å². The molecule has 0 aromatic heterocycles. The third-order valence-corrected chi connectivity index (χ3v) is 3.59. The lowest BCUT2D eigenvalue weighted by Crippen LogP contribution is -2.36. The molecule has 0 aromatic carbocycles. The van der Waals surface area contributed by atoms with Crippen molar-refractivity contribution in [3.8, 4) is 0 Å². The number of amidine groups is 1. The van der Waals surface area contributed by atoms with Crippen LogP contribution in [-0.4, -0.2) is 41.8 Å². The summed E-state index contributed by atoms with van der Waals surface area (Å²) in [6.45, 7) is 4.64. The molecule has 1 heterocycles. The maximum Gasteiger partial charge on any atom is 0.393 e. The first kappa shape index (κ1) is 15.1. The molecule has 1 rings (SSSR count). The van der Waals surface area contributed by atoms with Crippen molar-refractivity contribution in [1.82, 2.24) is 4.90 Å². The first-order valence-electron chi connectivity index (χ1n) is 5.94. The average molecular weight is 267 g/mol. The van der Waals surface area contributed by atoms with E-state index in [1.165, 1.54) is 0 Å². The molecule has 0 bridgehead atoms. The van der Waals surface area contributed by atoms with Gasteiger partial charge < -0.3 is 15.8 Å². The van der Waals surface area contributed by atoms with Gasteiger partial charge in [-0.1, -0.05) is 19.0 Å². The molecule has 1 saturated heterocycles. The SMILES string of the molecule is CC(C)(CCN1CCC(C(F)(F)F)C1)C(N)=NO. The Morgan fingerprint density at radius 1 is 1.44 bits per heavy atom. The number of rotatable bonds is 4. The molecule has 106 valence electrons. The molecular formula is C11H20F3N3O. The van der Waals surface area contributed by atoms with Gasteiger partial charge in [-0.15, -0.1) is 0 Å². The van der Waals surface area contributed by atoms with Crippen LogP contribution in [0.4, 0.5) is 13.2 Å². The number of alkyl halides is 3. The standard InChI is InChI=1S/C11H20F3N3O/c1-10(2,9(15)16-18)4-6-17-5-3-8(7-17)11(12,13)14/h8,18H,3-7H2,1-2H3,(H2,15,16). The molecule has 7 heteroatoms. The van der Waals surface area contributed by atoms with E-state index in [9.17, 15) is 13.2 Å². The van der Waals surface area contributed by atoms with Gasteiger partial charge in [0.2, 0.25) is 0 Å². The van der Waals surface area contributed by atoms with Crippen molar-refractivity contribution in [3.63, 3.8) is 0 Å². The van der Waals surface area contributed by atoms with Gasteiger partial charge in [0, 0.05) is 12.0 Å². The highest BCUT2D eigenvalue weighted by Crippen LogP contribution is 2.34. The fourth-order valence-corrected chi connectivity index (χ4v) is 2.00. The predicted molar refractivity (Wildman–Crippen MR) is 62.4 cm³/mol. The first-order chi connectivity index (χ1) is 8.16. The highest BCUT2D eigenvalue weighted by atomic mass is 19.4. The largest absolute Gasteiger partial charge is 0.409 e. The molecule has 1 atom stereocenters. The quantitative estimate of drug-likeness (QED) is 0.354. The number of nitrogens with two attached hydrogens (primary N) is 1. The third-order valence-electron chi connectivity index (χ3n) is 3.59. The van der Waals surface area contributed by atoms with E-state index in [4.69, 9.17) is 10.9 Å². The van der Waals surface area contributed by atoms with Crippen molar-refractivity contribution in [2.45, 2.75) is 32.9 Å². The molecular weight excluding hydrogens is 247 g/mol. The lowest BCUT2D eigenvalue weighted by Gasteiger charge is -2.26. The summed E-state index contributed by atoms with van der Waals surface area (Å²) in [5.74, 6) is -1.11. The van der Waals surface area contributed by atoms with E-state index < -0.39 is 17.5 Å². The first-order valence-corrected chi connectivity index (χ1v) is 5.94. The van der Waals surface area contributed by atoms with Crippen LogP contribution in [0.1, 0.15) is 26.7 Å². The summed E-state index contributed by atoms with van der Waals surface area (Å²) in [5.41, 5.74) is 5.02. The summed E-state index contributed by atoms with van der Waals surface area (Å²) in [4.78, 5) is 1.78. The molecule has 0 amide bonds. The van der Waals surface area contributed by atoms with Gasteiger partial charge in [0.15, 0.2) is 0 Å². The van der Waals surface area contributed by atoms with Crippen LogP contribution in [0.25, 0.3) is 0 Å². The lowest BCUT2D eigenvalue weighted by atomic mass is 9.88. The molecule has 0 aliphatic carbocycles. The van der Waals surface area contributed by atoms with E-state index >= 15 is 0 Å². The highest BCUT2D eigenvalue weighted by molar-refractivity contribution is 5.85. The second-order valence-corrected chi connectivity index (χ2v) is 5.45. The average Bonchev–Trinajstić information content (AvgIpc) is 2.73. The van der Waals surface area contributed by atoms with E-state index in [1.807, 2.05) is 0 Å². The zero-order valence-electron chi connectivity index (χ0n) is 10.7. The van der Waals surface area contributed by atoms with Crippen LogP contribution in [0.5, 0.6) is 0 Å². The minimum atomic E-state index is -4.10. The monoisotopic (exact) mass is 267 g/mol. The summed E-state index contributed by atoms with van der Waals surface area (Å²) in [5, 5.41) is 11.6. The van der Waals surface area contributed by atoms with E-state index in [-0.39, 0.29) is 18.8 Å². The molecule has 1 unspecified atom stereocenters. The van der Waals surface area contributed by atoms with Gasteiger partial charge in [-0.2, -0.15) is 13.2 Å². The van der Waals surface area contributed by atoms with E-state index in [0.29, 0.717) is 19.5 Å². The van der Waals surface area contributed by atoms with Gasteiger partial charge in [-0.25, -0.2) is 0 Å². The number of oxime groups is 1. The van der Waals surface area contributed by atoms with Gasteiger partial charge in [-0.05, 0) is 25.9 Å². The normalized spacial score (nSPS) is 23.6. The maximum absolute atomic E-state index is 12.5. The Morgan fingerprint density at radius 3 is 2.50 bits per heavy atom. The zero-order valence-corrected chi connectivity index (χ0v) is 10.7. The third kappa shape index (κ3) is 3.76. The number of likely N-dealkylation sites (tertiary alicyclic amines) is 1. The summed E-state index contributed by atoms with van der Waals surface area (Å²) in [6.07, 6.45) is -3.38. The molecule has 1 aliphatic heterocycles. The Morgan fingerprint density at radius 2 is 2.06 bits per heavy atom. The van der Waals surface area contributed by atoms with Crippen LogP contribution in [0.15, 0.2) is 5.16 Å². The molecule has 18 heavy (non-hydrogen) atoms. The Hall–Kier alpha value is -0.980. The van der Waals surface area contributed by atoms with Crippen LogP contribution >= 0.6 is 0 Å².